The third-order valence-corrected chi connectivity index (χ3v) is 13.6. The molecule has 0 radical (unpaired) electrons. The topological polar surface area (TPSA) is 37.5 Å². The van der Waals surface area contributed by atoms with Gasteiger partial charge in [0.15, 0.2) is 11.5 Å². The van der Waals surface area contributed by atoms with Gasteiger partial charge >= 0.3 is 0 Å². The van der Waals surface area contributed by atoms with Gasteiger partial charge in [-0.3, -0.25) is 4.90 Å². The van der Waals surface area contributed by atoms with Gasteiger partial charge in [-0.05, 0) is 162 Å². The standard InChI is InChI=1S/C107H4.C28H28N2O2/c1-3-5-7-9-11-13-15-17-19-21-23-25-27-29-31-33-35-37-39-41-43-45-47-49-51-53-55-57-59-61-63-65-67-69-71-73-75-77-79-81-83-85-87-89-91-93-95-97-99-101-103-105-107-106-104-102-100-98-96-94-92-90-88-86-84-82-80-78-76-74-72-70-68-66-64-62-60-58-56-54-52-50-48-46-44-42-40-38-36-34-32-30-28-26-24-22-20-18-16-14-12-10-8-6-4-2;1-18-6-5-7-19(12-18)17-32-28-13-20-10-11-30-16-25-23(21-8-3-4-9-24(21)29-25)14-26(30)22(20)15-27(28)31-2/h1H,2H3;3-9,12-13,15,26,29H,10-11,14,16-17H2,1-2H3. The number of hydrogen-bond acceptors (Lipinski definition) is 3. The number of para-hydroxylation sites is 1. The van der Waals surface area contributed by atoms with Crippen LogP contribution in [-0.4, -0.2) is 23.5 Å². The Hall–Kier alpha value is -26.6. The smallest absolute Gasteiger partial charge is 0.161 e. The molecular formula is C135H32N2O2. The molecule has 0 spiro atoms. The van der Waals surface area contributed by atoms with Crippen LogP contribution in [0, 0.1) is 635 Å². The number of H-pyrrole nitrogens is 1. The molecule has 4 heteroatoms. The lowest BCUT2D eigenvalue weighted by Gasteiger charge is -2.40. The first-order valence-electron chi connectivity index (χ1n) is 38.2. The lowest BCUT2D eigenvalue weighted by Crippen LogP contribution is -2.39. The molecule has 0 saturated carbocycles. The van der Waals surface area contributed by atoms with E-state index in [0.29, 0.717) is 12.6 Å². The molecule has 6 rings (SSSR count). The van der Waals surface area contributed by atoms with Crippen LogP contribution in [0.4, 0.5) is 0 Å². The minimum atomic E-state index is 0.380. The predicted octanol–water partition coefficient (Wildman–Crippen LogP) is 6.54. The van der Waals surface area contributed by atoms with Crippen molar-refractivity contribution in [3.63, 3.8) is 0 Å². The molecule has 139 heavy (non-hydrogen) atoms. The number of nitrogens with one attached hydrogen (secondary N) is 1. The second kappa shape index (κ2) is 77.5. The molecule has 0 saturated heterocycles. The summed E-state index contributed by atoms with van der Waals surface area (Å²) in [7, 11) is 1.74. The maximum Gasteiger partial charge on any atom is 0.161 e. The van der Waals surface area contributed by atoms with E-state index in [1.165, 1.54) is 44.4 Å². The van der Waals surface area contributed by atoms with Crippen LogP contribution in [0.2, 0.25) is 0 Å². The molecule has 1 atom stereocenters. The van der Waals surface area contributed by atoms with Gasteiger partial charge in [0, 0.05) is 557 Å². The van der Waals surface area contributed by atoms with Crippen molar-refractivity contribution in [2.45, 2.75) is 45.9 Å². The molecule has 594 valence electrons. The molecule has 0 bridgehead atoms. The Morgan fingerprint density at radius 1 is 0.288 bits per heavy atom. The third-order valence-electron chi connectivity index (χ3n) is 13.6. The Kier molecular flexibility index (Phi) is 57.4. The SMILES string of the molecule is C#CC#CC#CC#CC#CC#CC#CC#CC#CC#CC#CC#CC#CC#CC#CC#CC#CC#CC#CC#CC#CC#CC#CC#CC#CC#CC#CC#CC#CC#CC#CC#CC#CC#CC#CC#CC#CC#CC#CC#CC#CC#CC#CC#CC#CC#CC#CC#CC#CC#CC#CC#CC#CC.COc1cc2c(cc1OCc1cccc(C)c1)CCN1Cc3[nH]c4ccccc4c3CC21. The van der Waals surface area contributed by atoms with Gasteiger partial charge in [-0.1, -0.05) is 53.9 Å². The second-order valence-electron chi connectivity index (χ2n) is 22.3. The van der Waals surface area contributed by atoms with Gasteiger partial charge in [-0.15, -0.1) is 6.42 Å². The van der Waals surface area contributed by atoms with Gasteiger partial charge in [-0.25, -0.2) is 0 Å². The van der Waals surface area contributed by atoms with E-state index in [0.717, 1.165) is 37.4 Å². The number of aromatic nitrogens is 1. The van der Waals surface area contributed by atoms with Gasteiger partial charge < -0.3 is 14.5 Å². The number of aryl methyl sites for hydroxylation is 1. The molecule has 3 aromatic carbocycles. The normalized spacial score (nSPS) is 7.08. The number of methoxy groups -OCH3 is 1. The molecule has 0 amide bonds. The van der Waals surface area contributed by atoms with E-state index in [1.807, 2.05) is 0 Å². The summed E-state index contributed by atoms with van der Waals surface area (Å²) in [4.78, 5) is 6.26. The van der Waals surface area contributed by atoms with Crippen LogP contribution in [0.3, 0.4) is 0 Å². The Balaban J connectivity index is 0.000000872. The number of rotatable bonds is 4. The van der Waals surface area contributed by atoms with E-state index in [2.05, 4.69) is 699 Å². The monoisotopic (exact) mass is 1710 g/mol. The number of aromatic amines is 1. The zero-order valence-corrected chi connectivity index (χ0v) is 72.7. The highest BCUT2D eigenvalue weighted by atomic mass is 16.5. The highest BCUT2D eigenvalue weighted by Crippen LogP contribution is 2.44. The number of nitrogens with zero attached hydrogens (tertiary/aromatic N) is 1. The van der Waals surface area contributed by atoms with Gasteiger partial charge in [0.1, 0.15) is 6.61 Å². The Morgan fingerprint density at radius 3 is 0.770 bits per heavy atom. The quantitative estimate of drug-likeness (QED) is 0.237. The van der Waals surface area contributed by atoms with Crippen molar-refractivity contribution < 1.29 is 9.47 Å². The molecule has 4 aromatic rings. The number of ether oxygens (including phenoxy) is 2. The number of benzene rings is 3. The second-order valence-corrected chi connectivity index (χ2v) is 22.3. The molecule has 2 aliphatic heterocycles. The van der Waals surface area contributed by atoms with Crippen LogP contribution in [-0.2, 0) is 26.0 Å². The number of terminal acetylenes is 1. The van der Waals surface area contributed by atoms with Crippen molar-refractivity contribution in [3.05, 3.63) is 94.2 Å². The highest BCUT2D eigenvalue weighted by Gasteiger charge is 2.35. The van der Waals surface area contributed by atoms with Gasteiger partial charge in [0.25, 0.3) is 0 Å². The fraction of sp³-hybridized carbons (Fsp3) is 0.0667. The Bertz CT molecular complexity index is 9680. The average Bonchev–Trinajstić information content (AvgIpc) is 1.66. The van der Waals surface area contributed by atoms with Crippen LogP contribution in [0.15, 0.2) is 60.7 Å². The van der Waals surface area contributed by atoms with E-state index < -0.39 is 0 Å². The lowest BCUT2D eigenvalue weighted by molar-refractivity contribution is 0.158. The molecule has 1 aromatic heterocycles. The summed E-state index contributed by atoms with van der Waals surface area (Å²) >= 11 is 0. The van der Waals surface area contributed by atoms with Crippen LogP contribution in [0.1, 0.15) is 46.5 Å². The van der Waals surface area contributed by atoms with Crippen molar-refractivity contribution in [1.82, 2.24) is 9.88 Å². The van der Waals surface area contributed by atoms with E-state index in [1.54, 1.807) is 14.0 Å². The lowest BCUT2D eigenvalue weighted by atomic mass is 9.85. The summed E-state index contributed by atoms with van der Waals surface area (Å²) < 4.78 is 12.0. The number of fused-ring (bicyclic) bond motifs is 6. The minimum absolute atomic E-state index is 0.380. The predicted molar refractivity (Wildman–Crippen MR) is 546 cm³/mol. The van der Waals surface area contributed by atoms with E-state index in [-0.39, 0.29) is 0 Å². The van der Waals surface area contributed by atoms with Crippen LogP contribution in [0.25, 0.3) is 10.9 Å². The molecule has 1 unspecified atom stereocenters. The molecule has 3 heterocycles. The fourth-order valence-electron chi connectivity index (χ4n) is 8.70. The maximum atomic E-state index is 6.23. The first-order valence-corrected chi connectivity index (χ1v) is 38.2. The van der Waals surface area contributed by atoms with Gasteiger partial charge in [0.05, 0.1) is 7.11 Å². The molecule has 4 nitrogen and oxygen atoms in total. The summed E-state index contributed by atoms with van der Waals surface area (Å²) in [6.45, 7) is 6.38. The third kappa shape index (κ3) is 56.0. The van der Waals surface area contributed by atoms with Crippen molar-refractivity contribution in [2.75, 3.05) is 13.7 Å². The largest absolute Gasteiger partial charge is 0.493 e. The first-order chi connectivity index (χ1) is 69.1. The summed E-state index contributed by atoms with van der Waals surface area (Å²) in [5, 5.41) is 1.36. The van der Waals surface area contributed by atoms with Crippen molar-refractivity contribution in [3.8, 4) is 640 Å². The molecule has 2 aliphatic rings. The minimum Gasteiger partial charge on any atom is -0.493 e. The summed E-state index contributed by atoms with van der Waals surface area (Å²) in [6.07, 6.45) is 7.01. The summed E-state index contributed by atoms with van der Waals surface area (Å²) in [6, 6.07) is 21.9. The molecule has 0 aliphatic carbocycles. The van der Waals surface area contributed by atoms with E-state index in [9.17, 15) is 0 Å². The van der Waals surface area contributed by atoms with Crippen LogP contribution >= 0.6 is 0 Å². The van der Waals surface area contributed by atoms with Gasteiger partial charge in [-0.2, -0.15) is 0 Å². The average molecular weight is 1710 g/mol. The summed E-state index contributed by atoms with van der Waals surface area (Å²) in [5.41, 5.74) is 9.27. The number of hydrogen-bond donors (Lipinski definition) is 1. The molecular weight excluding hydrogens is 1680 g/mol. The van der Waals surface area contributed by atoms with Crippen molar-refractivity contribution in [1.29, 1.82) is 0 Å². The highest BCUT2D eigenvalue weighted by molar-refractivity contribution is 5.85. The van der Waals surface area contributed by atoms with Crippen molar-refractivity contribution in [2.24, 2.45) is 0 Å². The fourth-order valence-corrected chi connectivity index (χ4v) is 8.70. The van der Waals surface area contributed by atoms with Crippen LogP contribution < -0.4 is 9.47 Å². The van der Waals surface area contributed by atoms with E-state index in [4.69, 9.17) is 15.9 Å². The molecule has 0 fully saturated rings. The maximum absolute atomic E-state index is 6.23. The Labute approximate surface area is 817 Å². The zero-order chi connectivity index (χ0) is 97.9. The first kappa shape index (κ1) is 103. The van der Waals surface area contributed by atoms with Crippen molar-refractivity contribution >= 4 is 10.9 Å². The molecule has 1 N–H and O–H groups in total. The van der Waals surface area contributed by atoms with Crippen LogP contribution in [0.5, 0.6) is 11.5 Å². The Morgan fingerprint density at radius 2 is 0.532 bits per heavy atom. The van der Waals surface area contributed by atoms with Gasteiger partial charge in [0.2, 0.25) is 0 Å². The van der Waals surface area contributed by atoms with E-state index >= 15 is 0 Å². The zero-order valence-electron chi connectivity index (χ0n) is 72.7. The summed E-state index contributed by atoms with van der Waals surface area (Å²) in [5.74, 6) is 264.